The van der Waals surface area contributed by atoms with E-state index in [4.69, 9.17) is 4.74 Å². The number of methoxy groups -OCH3 is 1. The standard InChI is InChI=1S/C17H31N3O/c1-4-12-20-17(15(21-3)13-19-20)16(18-2)14-10-8-6-5-7-9-11-14/h13-14,16,18H,4-12H2,1-3H3. The fourth-order valence-electron chi connectivity index (χ4n) is 3.66. The molecule has 1 fully saturated rings. The molecule has 120 valence electrons. The first kappa shape index (κ1) is 16.3. The lowest BCUT2D eigenvalue weighted by Crippen LogP contribution is -2.29. The van der Waals surface area contributed by atoms with Crippen LogP contribution in [0, 0.1) is 5.92 Å². The lowest BCUT2D eigenvalue weighted by Gasteiger charge is -2.29. The van der Waals surface area contributed by atoms with Crippen LogP contribution in [-0.4, -0.2) is 23.9 Å². The number of hydrogen-bond donors (Lipinski definition) is 1. The Balaban J connectivity index is 2.23. The molecular weight excluding hydrogens is 262 g/mol. The van der Waals surface area contributed by atoms with E-state index in [0.717, 1.165) is 18.7 Å². The highest BCUT2D eigenvalue weighted by molar-refractivity contribution is 5.29. The number of hydrogen-bond acceptors (Lipinski definition) is 3. The Kier molecular flexibility index (Phi) is 6.55. The van der Waals surface area contributed by atoms with E-state index >= 15 is 0 Å². The summed E-state index contributed by atoms with van der Waals surface area (Å²) >= 11 is 0. The van der Waals surface area contributed by atoms with Crippen LogP contribution in [0.15, 0.2) is 6.20 Å². The molecule has 1 N–H and O–H groups in total. The summed E-state index contributed by atoms with van der Waals surface area (Å²) in [5.41, 5.74) is 1.24. The minimum Gasteiger partial charge on any atom is -0.493 e. The van der Waals surface area contributed by atoms with Crippen LogP contribution in [0.2, 0.25) is 0 Å². The average Bonchev–Trinajstić information content (AvgIpc) is 2.85. The smallest absolute Gasteiger partial charge is 0.161 e. The van der Waals surface area contributed by atoms with Crippen LogP contribution in [0.5, 0.6) is 5.75 Å². The molecular formula is C17H31N3O. The molecule has 1 aliphatic rings. The Hall–Kier alpha value is -1.03. The van der Waals surface area contributed by atoms with Gasteiger partial charge in [0, 0.05) is 6.54 Å². The molecule has 1 atom stereocenters. The van der Waals surface area contributed by atoms with Gasteiger partial charge >= 0.3 is 0 Å². The van der Waals surface area contributed by atoms with Crippen molar-refractivity contribution in [1.82, 2.24) is 15.1 Å². The molecule has 0 aromatic carbocycles. The maximum absolute atomic E-state index is 5.58. The third kappa shape index (κ3) is 4.00. The third-order valence-electron chi connectivity index (χ3n) is 4.73. The van der Waals surface area contributed by atoms with Crippen LogP contribution in [0.1, 0.15) is 70.0 Å². The van der Waals surface area contributed by atoms with Gasteiger partial charge in [-0.05, 0) is 32.2 Å². The van der Waals surface area contributed by atoms with Gasteiger partial charge in [0.05, 0.1) is 25.0 Å². The van der Waals surface area contributed by atoms with Gasteiger partial charge in [0.2, 0.25) is 0 Å². The SMILES string of the molecule is CCCn1ncc(OC)c1C(NC)C1CCCCCCC1. The second kappa shape index (κ2) is 8.42. The highest BCUT2D eigenvalue weighted by Crippen LogP contribution is 2.36. The van der Waals surface area contributed by atoms with Gasteiger partial charge in [-0.25, -0.2) is 0 Å². The van der Waals surface area contributed by atoms with Crippen molar-refractivity contribution in [2.75, 3.05) is 14.2 Å². The molecule has 0 amide bonds. The maximum Gasteiger partial charge on any atom is 0.161 e. The Labute approximate surface area is 129 Å². The number of nitrogens with zero attached hydrogens (tertiary/aromatic N) is 2. The summed E-state index contributed by atoms with van der Waals surface area (Å²) in [6.45, 7) is 3.16. The average molecular weight is 293 g/mol. The van der Waals surface area contributed by atoms with Crippen molar-refractivity contribution in [2.45, 2.75) is 70.9 Å². The van der Waals surface area contributed by atoms with Gasteiger partial charge < -0.3 is 10.1 Å². The molecule has 4 nitrogen and oxygen atoms in total. The van der Waals surface area contributed by atoms with Crippen molar-refractivity contribution in [3.63, 3.8) is 0 Å². The highest BCUT2D eigenvalue weighted by Gasteiger charge is 2.28. The van der Waals surface area contributed by atoms with E-state index in [1.54, 1.807) is 7.11 Å². The summed E-state index contributed by atoms with van der Waals surface area (Å²) in [5, 5.41) is 8.09. The highest BCUT2D eigenvalue weighted by atomic mass is 16.5. The van der Waals surface area contributed by atoms with Crippen molar-refractivity contribution in [3.05, 3.63) is 11.9 Å². The second-order valence-electron chi connectivity index (χ2n) is 6.19. The zero-order valence-electron chi connectivity index (χ0n) is 13.9. The number of nitrogens with one attached hydrogen (secondary N) is 1. The summed E-state index contributed by atoms with van der Waals surface area (Å²) in [6, 6.07) is 0.354. The van der Waals surface area contributed by atoms with Crippen LogP contribution in [0.4, 0.5) is 0 Å². The quantitative estimate of drug-likeness (QED) is 0.864. The topological polar surface area (TPSA) is 39.1 Å². The molecule has 0 bridgehead atoms. The Morgan fingerprint density at radius 2 is 1.95 bits per heavy atom. The van der Waals surface area contributed by atoms with E-state index in [1.807, 2.05) is 6.20 Å². The van der Waals surface area contributed by atoms with Crippen molar-refractivity contribution in [3.8, 4) is 5.75 Å². The van der Waals surface area contributed by atoms with Gasteiger partial charge in [0.25, 0.3) is 0 Å². The number of aromatic nitrogens is 2. The molecule has 0 spiro atoms. The van der Waals surface area contributed by atoms with Crippen molar-refractivity contribution < 1.29 is 4.74 Å². The van der Waals surface area contributed by atoms with Gasteiger partial charge in [-0.15, -0.1) is 0 Å². The van der Waals surface area contributed by atoms with Gasteiger partial charge in [0.1, 0.15) is 0 Å². The molecule has 1 unspecified atom stereocenters. The van der Waals surface area contributed by atoms with Crippen molar-refractivity contribution in [2.24, 2.45) is 5.92 Å². The van der Waals surface area contributed by atoms with E-state index in [2.05, 4.69) is 29.1 Å². The fourth-order valence-corrected chi connectivity index (χ4v) is 3.66. The molecule has 1 aromatic rings. The van der Waals surface area contributed by atoms with E-state index in [0.29, 0.717) is 12.0 Å². The molecule has 1 saturated carbocycles. The second-order valence-corrected chi connectivity index (χ2v) is 6.19. The van der Waals surface area contributed by atoms with Crippen LogP contribution in [-0.2, 0) is 6.54 Å². The number of aryl methyl sites for hydroxylation is 1. The molecule has 0 aliphatic heterocycles. The fraction of sp³-hybridized carbons (Fsp3) is 0.824. The minimum atomic E-state index is 0.354. The Morgan fingerprint density at radius 3 is 2.52 bits per heavy atom. The van der Waals surface area contributed by atoms with Crippen LogP contribution < -0.4 is 10.1 Å². The van der Waals surface area contributed by atoms with E-state index < -0.39 is 0 Å². The summed E-state index contributed by atoms with van der Waals surface area (Å²) < 4.78 is 7.72. The van der Waals surface area contributed by atoms with Gasteiger partial charge in [-0.3, -0.25) is 4.68 Å². The zero-order valence-corrected chi connectivity index (χ0v) is 13.9. The number of ether oxygens (including phenoxy) is 1. The first-order valence-corrected chi connectivity index (χ1v) is 8.58. The van der Waals surface area contributed by atoms with E-state index in [1.165, 1.54) is 50.6 Å². The molecule has 1 aliphatic carbocycles. The van der Waals surface area contributed by atoms with E-state index in [9.17, 15) is 0 Å². The van der Waals surface area contributed by atoms with Crippen molar-refractivity contribution in [1.29, 1.82) is 0 Å². The van der Waals surface area contributed by atoms with Gasteiger partial charge in [-0.1, -0.05) is 39.0 Å². The van der Waals surface area contributed by atoms with Gasteiger partial charge in [0.15, 0.2) is 5.75 Å². The predicted octanol–water partition coefficient (Wildman–Crippen LogP) is 3.92. The van der Waals surface area contributed by atoms with Crippen molar-refractivity contribution >= 4 is 0 Å². The first-order valence-electron chi connectivity index (χ1n) is 8.58. The van der Waals surface area contributed by atoms with Crippen LogP contribution in [0.3, 0.4) is 0 Å². The Morgan fingerprint density at radius 1 is 1.29 bits per heavy atom. The van der Waals surface area contributed by atoms with Crippen LogP contribution >= 0.6 is 0 Å². The van der Waals surface area contributed by atoms with Crippen LogP contribution in [0.25, 0.3) is 0 Å². The van der Waals surface area contributed by atoms with E-state index in [-0.39, 0.29) is 0 Å². The molecule has 21 heavy (non-hydrogen) atoms. The summed E-state index contributed by atoms with van der Waals surface area (Å²) in [6.07, 6.45) is 12.5. The third-order valence-corrected chi connectivity index (χ3v) is 4.73. The molecule has 0 radical (unpaired) electrons. The molecule has 4 heteroatoms. The monoisotopic (exact) mass is 293 g/mol. The predicted molar refractivity (Wildman–Crippen MR) is 86.7 cm³/mol. The normalized spacial score (nSPS) is 19.0. The molecule has 1 heterocycles. The number of rotatable bonds is 6. The molecule has 2 rings (SSSR count). The zero-order chi connectivity index (χ0) is 15.1. The summed E-state index contributed by atoms with van der Waals surface area (Å²) in [7, 11) is 3.83. The molecule has 0 saturated heterocycles. The minimum absolute atomic E-state index is 0.354. The Bertz CT molecular complexity index is 408. The van der Waals surface area contributed by atoms with Gasteiger partial charge in [-0.2, -0.15) is 5.10 Å². The first-order chi connectivity index (χ1) is 10.3. The lowest BCUT2D eigenvalue weighted by molar-refractivity contribution is 0.279. The maximum atomic E-state index is 5.58. The summed E-state index contributed by atoms with van der Waals surface area (Å²) in [5.74, 6) is 1.63. The molecule has 1 aromatic heterocycles. The largest absolute Gasteiger partial charge is 0.493 e. The lowest BCUT2D eigenvalue weighted by atomic mass is 9.84. The summed E-state index contributed by atoms with van der Waals surface area (Å²) in [4.78, 5) is 0.